The SMILES string of the molecule is COc1sc(SC)cc1C[C@@H](C)N. The van der Waals surface area contributed by atoms with Crippen molar-refractivity contribution < 1.29 is 4.74 Å². The van der Waals surface area contributed by atoms with Crippen LogP contribution in [0.1, 0.15) is 12.5 Å². The van der Waals surface area contributed by atoms with Crippen molar-refractivity contribution in [1.82, 2.24) is 0 Å². The third kappa shape index (κ3) is 2.90. The molecule has 0 spiro atoms. The Balaban J connectivity index is 2.84. The Morgan fingerprint density at radius 3 is 2.85 bits per heavy atom. The maximum Gasteiger partial charge on any atom is 0.177 e. The molecular weight excluding hydrogens is 202 g/mol. The summed E-state index contributed by atoms with van der Waals surface area (Å²) in [4.78, 5) is 0. The Morgan fingerprint density at radius 2 is 2.38 bits per heavy atom. The van der Waals surface area contributed by atoms with Crippen LogP contribution < -0.4 is 10.5 Å². The molecule has 0 aliphatic heterocycles. The fourth-order valence-corrected chi connectivity index (χ4v) is 2.71. The van der Waals surface area contributed by atoms with Gasteiger partial charge >= 0.3 is 0 Å². The number of hydrogen-bond acceptors (Lipinski definition) is 4. The molecule has 0 aliphatic carbocycles. The summed E-state index contributed by atoms with van der Waals surface area (Å²) in [5.74, 6) is 0. The van der Waals surface area contributed by atoms with Crippen molar-refractivity contribution >= 4 is 23.1 Å². The molecule has 0 aromatic carbocycles. The summed E-state index contributed by atoms with van der Waals surface area (Å²) in [6.07, 6.45) is 2.96. The monoisotopic (exact) mass is 217 g/mol. The van der Waals surface area contributed by atoms with Crippen molar-refractivity contribution in [3.05, 3.63) is 11.6 Å². The fourth-order valence-electron chi connectivity index (χ4n) is 1.15. The van der Waals surface area contributed by atoms with E-state index in [1.165, 1.54) is 9.77 Å². The van der Waals surface area contributed by atoms with Gasteiger partial charge in [0.2, 0.25) is 0 Å². The van der Waals surface area contributed by atoms with Crippen LogP contribution in [0.4, 0.5) is 0 Å². The number of thiophene rings is 1. The topological polar surface area (TPSA) is 35.2 Å². The molecule has 4 heteroatoms. The van der Waals surface area contributed by atoms with E-state index >= 15 is 0 Å². The second kappa shape index (κ2) is 4.88. The van der Waals surface area contributed by atoms with Crippen LogP contribution in [0.15, 0.2) is 10.3 Å². The van der Waals surface area contributed by atoms with Crippen molar-refractivity contribution in [2.45, 2.75) is 23.6 Å². The molecule has 0 fully saturated rings. The number of methoxy groups -OCH3 is 1. The van der Waals surface area contributed by atoms with Crippen LogP contribution in [0.3, 0.4) is 0 Å². The Hall–Kier alpha value is -0.190. The fraction of sp³-hybridized carbons (Fsp3) is 0.556. The predicted molar refractivity (Wildman–Crippen MR) is 60.0 cm³/mol. The van der Waals surface area contributed by atoms with Crippen LogP contribution in [0, 0.1) is 0 Å². The van der Waals surface area contributed by atoms with Gasteiger partial charge in [-0.25, -0.2) is 0 Å². The molecule has 0 saturated carbocycles. The molecule has 2 N–H and O–H groups in total. The highest BCUT2D eigenvalue weighted by atomic mass is 32.2. The summed E-state index contributed by atoms with van der Waals surface area (Å²) in [7, 11) is 1.71. The molecule has 1 rings (SSSR count). The quantitative estimate of drug-likeness (QED) is 0.786. The Bertz CT molecular complexity index is 271. The second-order valence-corrected chi connectivity index (χ2v) is 5.09. The lowest BCUT2D eigenvalue weighted by atomic mass is 10.1. The summed E-state index contributed by atoms with van der Waals surface area (Å²) in [6.45, 7) is 2.01. The van der Waals surface area contributed by atoms with Crippen LogP contribution in [0.25, 0.3) is 0 Å². The Kier molecular flexibility index (Phi) is 4.09. The highest BCUT2D eigenvalue weighted by Crippen LogP contribution is 2.35. The molecule has 74 valence electrons. The number of ether oxygens (including phenoxy) is 1. The first-order valence-electron chi connectivity index (χ1n) is 4.13. The standard InChI is InChI=1S/C9H15NOS2/c1-6(10)4-7-5-8(12-3)13-9(7)11-2/h5-6H,4,10H2,1-3H3/t6-/m1/s1. The summed E-state index contributed by atoms with van der Waals surface area (Å²) in [6, 6.07) is 2.36. The van der Waals surface area contributed by atoms with Crippen molar-refractivity contribution in [3.8, 4) is 5.06 Å². The van der Waals surface area contributed by atoms with Crippen molar-refractivity contribution in [1.29, 1.82) is 0 Å². The van der Waals surface area contributed by atoms with Crippen LogP contribution in [-0.2, 0) is 6.42 Å². The molecule has 0 radical (unpaired) electrons. The van der Waals surface area contributed by atoms with Gasteiger partial charge in [-0.1, -0.05) is 11.3 Å². The number of rotatable bonds is 4. The third-order valence-electron chi connectivity index (χ3n) is 1.68. The number of nitrogens with two attached hydrogens (primary N) is 1. The minimum atomic E-state index is 0.193. The van der Waals surface area contributed by atoms with E-state index in [9.17, 15) is 0 Å². The summed E-state index contributed by atoms with van der Waals surface area (Å²) >= 11 is 3.43. The maximum absolute atomic E-state index is 5.74. The Labute approximate surface area is 87.5 Å². The number of thioether (sulfide) groups is 1. The molecule has 1 heterocycles. The van der Waals surface area contributed by atoms with E-state index in [0.717, 1.165) is 11.5 Å². The van der Waals surface area contributed by atoms with Gasteiger partial charge in [-0.15, -0.1) is 11.8 Å². The van der Waals surface area contributed by atoms with Gasteiger partial charge in [-0.05, 0) is 25.7 Å². The summed E-state index contributed by atoms with van der Waals surface area (Å²) in [5.41, 5.74) is 6.97. The first-order valence-corrected chi connectivity index (χ1v) is 6.17. The van der Waals surface area contributed by atoms with Crippen LogP contribution in [0.2, 0.25) is 0 Å². The average Bonchev–Trinajstić information content (AvgIpc) is 2.46. The molecule has 1 aromatic rings. The first-order chi connectivity index (χ1) is 6.17. The molecular formula is C9H15NOS2. The van der Waals surface area contributed by atoms with E-state index in [2.05, 4.69) is 12.3 Å². The van der Waals surface area contributed by atoms with Crippen LogP contribution in [-0.4, -0.2) is 19.4 Å². The highest BCUT2D eigenvalue weighted by molar-refractivity contribution is 8.00. The lowest BCUT2D eigenvalue weighted by Gasteiger charge is -2.04. The molecule has 13 heavy (non-hydrogen) atoms. The molecule has 2 nitrogen and oxygen atoms in total. The smallest absolute Gasteiger partial charge is 0.177 e. The van der Waals surface area contributed by atoms with Gasteiger partial charge in [-0.3, -0.25) is 0 Å². The minimum absolute atomic E-state index is 0.193. The van der Waals surface area contributed by atoms with Crippen molar-refractivity contribution in [2.75, 3.05) is 13.4 Å². The zero-order chi connectivity index (χ0) is 9.84. The van der Waals surface area contributed by atoms with Crippen LogP contribution in [0.5, 0.6) is 5.06 Å². The van der Waals surface area contributed by atoms with Gasteiger partial charge in [0.15, 0.2) is 5.06 Å². The van der Waals surface area contributed by atoms with E-state index in [0.29, 0.717) is 0 Å². The van der Waals surface area contributed by atoms with E-state index in [1.54, 1.807) is 30.2 Å². The second-order valence-electron chi connectivity index (χ2n) is 2.97. The van der Waals surface area contributed by atoms with E-state index in [4.69, 9.17) is 10.5 Å². The maximum atomic E-state index is 5.74. The molecule has 0 amide bonds. The minimum Gasteiger partial charge on any atom is -0.487 e. The molecule has 1 aromatic heterocycles. The van der Waals surface area contributed by atoms with Crippen molar-refractivity contribution in [2.24, 2.45) is 5.73 Å². The normalized spacial score (nSPS) is 12.9. The molecule has 0 unspecified atom stereocenters. The van der Waals surface area contributed by atoms with Gasteiger partial charge in [0, 0.05) is 11.6 Å². The molecule has 1 atom stereocenters. The molecule has 0 aliphatic rings. The van der Waals surface area contributed by atoms with Gasteiger partial charge in [0.1, 0.15) is 0 Å². The highest BCUT2D eigenvalue weighted by Gasteiger charge is 2.10. The zero-order valence-corrected chi connectivity index (χ0v) is 9.80. The van der Waals surface area contributed by atoms with E-state index < -0.39 is 0 Å². The lowest BCUT2D eigenvalue weighted by molar-refractivity contribution is 0.421. The predicted octanol–water partition coefficient (Wildman–Crippen LogP) is 2.37. The van der Waals surface area contributed by atoms with Gasteiger partial charge in [0.05, 0.1) is 11.3 Å². The molecule has 0 bridgehead atoms. The zero-order valence-electron chi connectivity index (χ0n) is 8.16. The summed E-state index contributed by atoms with van der Waals surface area (Å²) in [5, 5.41) is 1.00. The number of hydrogen-bond donors (Lipinski definition) is 1. The van der Waals surface area contributed by atoms with Gasteiger partial charge in [-0.2, -0.15) is 0 Å². The summed E-state index contributed by atoms with van der Waals surface area (Å²) < 4.78 is 6.56. The van der Waals surface area contributed by atoms with E-state index in [1.807, 2.05) is 6.92 Å². The molecule has 0 saturated heterocycles. The van der Waals surface area contributed by atoms with E-state index in [-0.39, 0.29) is 6.04 Å². The van der Waals surface area contributed by atoms with Crippen LogP contribution >= 0.6 is 23.1 Å². The van der Waals surface area contributed by atoms with Gasteiger partial charge < -0.3 is 10.5 Å². The third-order valence-corrected chi connectivity index (χ3v) is 3.88. The first kappa shape index (κ1) is 10.9. The van der Waals surface area contributed by atoms with Gasteiger partial charge in [0.25, 0.3) is 0 Å². The lowest BCUT2D eigenvalue weighted by Crippen LogP contribution is -2.17. The Morgan fingerprint density at radius 1 is 1.69 bits per heavy atom. The van der Waals surface area contributed by atoms with Crippen molar-refractivity contribution in [3.63, 3.8) is 0 Å². The largest absolute Gasteiger partial charge is 0.487 e. The average molecular weight is 217 g/mol.